The van der Waals surface area contributed by atoms with E-state index < -0.39 is 5.41 Å². The fraction of sp³-hybridized carbons (Fsp3) is 0.682. The van der Waals surface area contributed by atoms with Gasteiger partial charge in [0.15, 0.2) is 0 Å². The molecule has 5 heteroatoms. The minimum Gasteiger partial charge on any atom is -0.494 e. The summed E-state index contributed by atoms with van der Waals surface area (Å²) in [6, 6.07) is 10.6. The minimum absolute atomic E-state index is 0.320. The second-order valence-corrected chi connectivity index (χ2v) is 7.83. The Kier molecular flexibility index (Phi) is 7.51. The highest BCUT2D eigenvalue weighted by molar-refractivity contribution is 5.37. The quantitative estimate of drug-likeness (QED) is 0.710. The molecule has 3 rings (SSSR count). The van der Waals surface area contributed by atoms with E-state index in [1.807, 2.05) is 24.3 Å². The van der Waals surface area contributed by atoms with Crippen molar-refractivity contribution in [1.29, 1.82) is 5.26 Å². The maximum Gasteiger partial charge on any atom is 0.119 e. The SMILES string of the molecule is N#CC1(c2ccc(OCCCN3CCC(CCO)CC3)cc2)CCOCC1. The molecule has 0 spiro atoms. The van der Waals surface area contributed by atoms with Gasteiger partial charge in [-0.25, -0.2) is 0 Å². The molecule has 0 aromatic heterocycles. The van der Waals surface area contributed by atoms with E-state index in [-0.39, 0.29) is 0 Å². The molecule has 0 aliphatic carbocycles. The maximum absolute atomic E-state index is 9.65. The van der Waals surface area contributed by atoms with Crippen LogP contribution in [0.15, 0.2) is 24.3 Å². The molecule has 0 radical (unpaired) electrons. The van der Waals surface area contributed by atoms with E-state index in [1.54, 1.807) is 0 Å². The lowest BCUT2D eigenvalue weighted by Gasteiger charge is -2.31. The van der Waals surface area contributed by atoms with Crippen LogP contribution in [0.25, 0.3) is 0 Å². The van der Waals surface area contributed by atoms with Gasteiger partial charge in [0.25, 0.3) is 0 Å². The van der Waals surface area contributed by atoms with Crippen molar-refractivity contribution < 1.29 is 14.6 Å². The number of aliphatic hydroxyl groups excluding tert-OH is 1. The molecule has 2 aliphatic heterocycles. The average molecular weight is 373 g/mol. The molecule has 2 heterocycles. The van der Waals surface area contributed by atoms with Crippen molar-refractivity contribution in [2.75, 3.05) is 46.1 Å². The lowest BCUT2D eigenvalue weighted by atomic mass is 9.75. The fourth-order valence-corrected chi connectivity index (χ4v) is 4.21. The average Bonchev–Trinajstić information content (AvgIpc) is 2.73. The summed E-state index contributed by atoms with van der Waals surface area (Å²) in [7, 11) is 0. The molecule has 5 nitrogen and oxygen atoms in total. The number of hydrogen-bond acceptors (Lipinski definition) is 5. The highest BCUT2D eigenvalue weighted by Gasteiger charge is 2.34. The monoisotopic (exact) mass is 372 g/mol. The van der Waals surface area contributed by atoms with Crippen molar-refractivity contribution in [1.82, 2.24) is 4.90 Å². The van der Waals surface area contributed by atoms with E-state index in [1.165, 1.54) is 12.8 Å². The predicted octanol–water partition coefficient (Wildman–Crippen LogP) is 3.12. The van der Waals surface area contributed by atoms with Crippen molar-refractivity contribution in [2.45, 2.75) is 43.9 Å². The Morgan fingerprint density at radius 2 is 1.89 bits per heavy atom. The normalized spacial score (nSPS) is 20.9. The second-order valence-electron chi connectivity index (χ2n) is 7.83. The topological polar surface area (TPSA) is 65.7 Å². The third kappa shape index (κ3) is 5.44. The number of rotatable bonds is 8. The van der Waals surface area contributed by atoms with Crippen LogP contribution in [0.2, 0.25) is 0 Å². The first-order valence-electron chi connectivity index (χ1n) is 10.3. The van der Waals surface area contributed by atoms with Gasteiger partial charge < -0.3 is 19.5 Å². The first-order chi connectivity index (χ1) is 13.3. The Labute approximate surface area is 162 Å². The van der Waals surface area contributed by atoms with Crippen molar-refractivity contribution in [3.05, 3.63) is 29.8 Å². The Bertz CT molecular complexity index is 597. The van der Waals surface area contributed by atoms with E-state index in [0.29, 0.717) is 32.3 Å². The van der Waals surface area contributed by atoms with Gasteiger partial charge in [-0.3, -0.25) is 0 Å². The first-order valence-corrected chi connectivity index (χ1v) is 10.3. The summed E-state index contributed by atoms with van der Waals surface area (Å²) in [5.74, 6) is 1.58. The molecule has 148 valence electrons. The smallest absolute Gasteiger partial charge is 0.119 e. The second kappa shape index (κ2) is 10.1. The van der Waals surface area contributed by atoms with Gasteiger partial charge in [-0.2, -0.15) is 5.26 Å². The van der Waals surface area contributed by atoms with E-state index >= 15 is 0 Å². The molecule has 27 heavy (non-hydrogen) atoms. The van der Waals surface area contributed by atoms with Crippen LogP contribution in [0.4, 0.5) is 0 Å². The van der Waals surface area contributed by atoms with Crippen LogP contribution in [-0.4, -0.2) is 56.1 Å². The Morgan fingerprint density at radius 1 is 1.19 bits per heavy atom. The summed E-state index contributed by atoms with van der Waals surface area (Å²) in [6.07, 6.45) is 5.90. The molecule has 2 saturated heterocycles. The van der Waals surface area contributed by atoms with Crippen molar-refractivity contribution in [3.8, 4) is 11.8 Å². The number of benzene rings is 1. The number of aliphatic hydroxyl groups is 1. The van der Waals surface area contributed by atoms with Gasteiger partial charge in [-0.05, 0) is 75.2 Å². The fourth-order valence-electron chi connectivity index (χ4n) is 4.21. The van der Waals surface area contributed by atoms with Gasteiger partial charge in [0.05, 0.1) is 18.1 Å². The number of piperidine rings is 1. The summed E-state index contributed by atoms with van der Waals surface area (Å²) in [4.78, 5) is 2.50. The molecular weight excluding hydrogens is 340 g/mol. The number of nitrogens with zero attached hydrogens (tertiary/aromatic N) is 2. The third-order valence-corrected chi connectivity index (χ3v) is 6.10. The zero-order valence-electron chi connectivity index (χ0n) is 16.2. The predicted molar refractivity (Wildman–Crippen MR) is 105 cm³/mol. The third-order valence-electron chi connectivity index (χ3n) is 6.10. The molecule has 0 saturated carbocycles. The molecule has 2 aliphatic rings. The highest BCUT2D eigenvalue weighted by Crippen LogP contribution is 2.34. The van der Waals surface area contributed by atoms with Crippen LogP contribution in [0, 0.1) is 17.2 Å². The van der Waals surface area contributed by atoms with E-state index in [0.717, 1.165) is 56.6 Å². The summed E-state index contributed by atoms with van der Waals surface area (Å²) < 4.78 is 11.3. The van der Waals surface area contributed by atoms with Crippen LogP contribution < -0.4 is 4.74 Å². The van der Waals surface area contributed by atoms with Gasteiger partial charge in [-0.1, -0.05) is 12.1 Å². The molecule has 0 amide bonds. The van der Waals surface area contributed by atoms with Gasteiger partial charge in [-0.15, -0.1) is 0 Å². The molecule has 0 unspecified atom stereocenters. The Morgan fingerprint density at radius 3 is 2.52 bits per heavy atom. The number of ether oxygens (including phenoxy) is 2. The van der Waals surface area contributed by atoms with Crippen molar-refractivity contribution in [3.63, 3.8) is 0 Å². The van der Waals surface area contributed by atoms with Crippen LogP contribution >= 0.6 is 0 Å². The maximum atomic E-state index is 9.65. The summed E-state index contributed by atoms with van der Waals surface area (Å²) in [5, 5.41) is 18.7. The number of nitriles is 1. The van der Waals surface area contributed by atoms with Gasteiger partial charge in [0.2, 0.25) is 0 Å². The van der Waals surface area contributed by atoms with E-state index in [4.69, 9.17) is 14.6 Å². The number of hydrogen-bond donors (Lipinski definition) is 1. The van der Waals surface area contributed by atoms with Crippen LogP contribution in [0.3, 0.4) is 0 Å². The van der Waals surface area contributed by atoms with Crippen LogP contribution in [0.1, 0.15) is 44.1 Å². The molecule has 1 N–H and O–H groups in total. The molecule has 2 fully saturated rings. The first kappa shape index (κ1) is 20.1. The Balaban J connectivity index is 1.39. The van der Waals surface area contributed by atoms with Crippen LogP contribution in [-0.2, 0) is 10.2 Å². The zero-order chi connectivity index (χ0) is 19.0. The summed E-state index contributed by atoms with van der Waals surface area (Å²) >= 11 is 0. The molecule has 1 aromatic rings. The van der Waals surface area contributed by atoms with Crippen molar-refractivity contribution in [2.24, 2.45) is 5.92 Å². The summed E-state index contributed by atoms with van der Waals surface area (Å²) in [6.45, 7) is 5.69. The molecule has 0 atom stereocenters. The summed E-state index contributed by atoms with van der Waals surface area (Å²) in [5.41, 5.74) is 0.672. The lowest BCUT2D eigenvalue weighted by molar-refractivity contribution is 0.0675. The molecular formula is C22H32N2O3. The minimum atomic E-state index is -0.404. The highest BCUT2D eigenvalue weighted by atomic mass is 16.5. The van der Waals surface area contributed by atoms with Crippen LogP contribution in [0.5, 0.6) is 5.75 Å². The van der Waals surface area contributed by atoms with E-state index in [9.17, 15) is 5.26 Å². The molecule has 1 aromatic carbocycles. The van der Waals surface area contributed by atoms with Gasteiger partial charge >= 0.3 is 0 Å². The van der Waals surface area contributed by atoms with Gasteiger partial charge in [0, 0.05) is 26.4 Å². The lowest BCUT2D eigenvalue weighted by Crippen LogP contribution is -2.35. The van der Waals surface area contributed by atoms with E-state index in [2.05, 4.69) is 11.0 Å². The largest absolute Gasteiger partial charge is 0.494 e. The molecule has 0 bridgehead atoms. The Hall–Kier alpha value is -1.61. The zero-order valence-corrected chi connectivity index (χ0v) is 16.2. The number of likely N-dealkylation sites (tertiary alicyclic amines) is 1. The van der Waals surface area contributed by atoms with Crippen molar-refractivity contribution >= 4 is 0 Å². The standard InChI is InChI=1S/C22H32N2O3/c23-18-22(9-16-26-17-10-22)20-2-4-21(5-3-20)27-15-1-11-24-12-6-19(7-13-24)8-14-25/h2-5,19,25H,1,6-17H2. The van der Waals surface area contributed by atoms with Gasteiger partial charge in [0.1, 0.15) is 5.75 Å².